The fourth-order valence-electron chi connectivity index (χ4n) is 3.08. The molecule has 0 amide bonds. The molecule has 8 nitrogen and oxygen atoms in total. The lowest BCUT2D eigenvalue weighted by Crippen LogP contribution is -2.28. The average Bonchev–Trinajstić information content (AvgIpc) is 3.37. The van der Waals surface area contributed by atoms with Crippen molar-refractivity contribution in [2.75, 3.05) is 6.61 Å². The molecule has 0 spiro atoms. The lowest BCUT2D eigenvalue weighted by molar-refractivity contribution is -0.402. The Morgan fingerprint density at radius 1 is 1.32 bits per heavy atom. The van der Waals surface area contributed by atoms with E-state index in [1.54, 1.807) is 28.2 Å². The smallest absolute Gasteiger partial charge is 0.401 e. The summed E-state index contributed by atoms with van der Waals surface area (Å²) in [5.41, 5.74) is 0.520. The zero-order chi connectivity index (χ0) is 19.5. The van der Waals surface area contributed by atoms with Crippen LogP contribution in [0.3, 0.4) is 0 Å². The summed E-state index contributed by atoms with van der Waals surface area (Å²) >= 11 is 1.26. The minimum Gasteiger partial charge on any atom is -0.401 e. The van der Waals surface area contributed by atoms with E-state index in [2.05, 4.69) is 4.98 Å². The summed E-state index contributed by atoms with van der Waals surface area (Å²) < 4.78 is 12.4. The molecule has 28 heavy (non-hydrogen) atoms. The number of thioether (sulfide) groups is 1. The largest absolute Gasteiger partial charge is 0.433 e. The van der Waals surface area contributed by atoms with Gasteiger partial charge in [0.05, 0.1) is 29.6 Å². The number of para-hydroxylation sites is 1. The number of hydrogen-bond donors (Lipinski definition) is 0. The van der Waals surface area contributed by atoms with Crippen molar-refractivity contribution < 1.29 is 14.1 Å². The maximum Gasteiger partial charge on any atom is 0.433 e. The highest BCUT2D eigenvalue weighted by atomic mass is 32.2. The van der Waals surface area contributed by atoms with E-state index in [9.17, 15) is 14.9 Å². The maximum absolute atomic E-state index is 13.0. The van der Waals surface area contributed by atoms with E-state index in [1.807, 2.05) is 12.1 Å². The van der Waals surface area contributed by atoms with Gasteiger partial charge in [-0.3, -0.25) is 19.5 Å². The summed E-state index contributed by atoms with van der Waals surface area (Å²) in [5.74, 6) is 0.0387. The van der Waals surface area contributed by atoms with Crippen LogP contribution in [-0.2, 0) is 11.3 Å². The van der Waals surface area contributed by atoms with Gasteiger partial charge in [0.25, 0.3) is 5.56 Å². The molecule has 1 aromatic carbocycles. The van der Waals surface area contributed by atoms with Crippen molar-refractivity contribution in [1.82, 2.24) is 9.55 Å². The molecule has 9 heteroatoms. The van der Waals surface area contributed by atoms with Crippen molar-refractivity contribution in [1.29, 1.82) is 0 Å². The first kappa shape index (κ1) is 18.5. The Hall–Kier alpha value is -2.91. The molecule has 1 aliphatic heterocycles. The van der Waals surface area contributed by atoms with Gasteiger partial charge in [-0.1, -0.05) is 23.9 Å². The molecule has 0 radical (unpaired) electrons. The Labute approximate surface area is 164 Å². The van der Waals surface area contributed by atoms with Gasteiger partial charge in [-0.15, -0.1) is 0 Å². The van der Waals surface area contributed by atoms with Gasteiger partial charge in [0, 0.05) is 6.61 Å². The maximum atomic E-state index is 13.0. The second-order valence-electron chi connectivity index (χ2n) is 6.32. The highest BCUT2D eigenvalue weighted by Crippen LogP contribution is 2.24. The highest BCUT2D eigenvalue weighted by molar-refractivity contribution is 8.02. The average molecular weight is 399 g/mol. The van der Waals surface area contributed by atoms with Crippen LogP contribution >= 0.6 is 11.8 Å². The third-order valence-electron chi connectivity index (χ3n) is 4.44. The molecular formula is C19H17N3O5S. The predicted octanol–water partition coefficient (Wildman–Crippen LogP) is 3.84. The van der Waals surface area contributed by atoms with Crippen molar-refractivity contribution >= 4 is 34.6 Å². The third-order valence-corrected chi connectivity index (χ3v) is 5.23. The number of hydrogen-bond acceptors (Lipinski definition) is 7. The van der Waals surface area contributed by atoms with Crippen molar-refractivity contribution in [3.8, 4) is 0 Å². The van der Waals surface area contributed by atoms with Gasteiger partial charge in [0.15, 0.2) is 5.16 Å². The van der Waals surface area contributed by atoms with Crippen molar-refractivity contribution in [2.24, 2.45) is 0 Å². The van der Waals surface area contributed by atoms with Gasteiger partial charge in [-0.25, -0.2) is 4.98 Å². The fourth-order valence-corrected chi connectivity index (χ4v) is 3.84. The number of benzene rings is 1. The minimum atomic E-state index is -0.589. The Bertz CT molecular complexity index is 1100. The quantitative estimate of drug-likeness (QED) is 0.269. The van der Waals surface area contributed by atoms with Crippen LogP contribution in [0.2, 0.25) is 0 Å². The highest BCUT2D eigenvalue weighted by Gasteiger charge is 2.20. The van der Waals surface area contributed by atoms with Crippen molar-refractivity contribution in [3.05, 3.63) is 68.0 Å². The summed E-state index contributed by atoms with van der Waals surface area (Å²) in [6.45, 7) is 1.15. The molecule has 1 unspecified atom stereocenters. The number of furan rings is 1. The molecule has 144 valence electrons. The van der Waals surface area contributed by atoms with Crippen LogP contribution in [0.25, 0.3) is 17.0 Å². The number of nitro groups is 1. The SMILES string of the molecule is O=c1c2ccccc2nc(S/C=C/c2ccc([N+](=O)[O-])o2)n1CC1CCCO1. The van der Waals surface area contributed by atoms with Crippen LogP contribution in [-0.4, -0.2) is 27.2 Å². The molecule has 4 rings (SSSR count). The van der Waals surface area contributed by atoms with E-state index >= 15 is 0 Å². The van der Waals surface area contributed by atoms with Crippen LogP contribution in [0.1, 0.15) is 18.6 Å². The van der Waals surface area contributed by atoms with Gasteiger partial charge >= 0.3 is 5.88 Å². The van der Waals surface area contributed by atoms with Crippen LogP contribution in [0, 0.1) is 10.1 Å². The fraction of sp³-hybridized carbons (Fsp3) is 0.263. The first-order chi connectivity index (χ1) is 13.6. The summed E-state index contributed by atoms with van der Waals surface area (Å²) in [6, 6.07) is 10.0. The molecule has 1 aliphatic rings. The number of rotatable bonds is 6. The molecule has 0 aliphatic carbocycles. The van der Waals surface area contributed by atoms with Crippen LogP contribution in [0.15, 0.2) is 56.2 Å². The van der Waals surface area contributed by atoms with E-state index in [1.165, 1.54) is 23.9 Å². The summed E-state index contributed by atoms with van der Waals surface area (Å²) in [7, 11) is 0. The second kappa shape index (κ2) is 7.99. The van der Waals surface area contributed by atoms with E-state index in [0.717, 1.165) is 12.8 Å². The predicted molar refractivity (Wildman–Crippen MR) is 105 cm³/mol. The van der Waals surface area contributed by atoms with E-state index < -0.39 is 4.92 Å². The molecular weight excluding hydrogens is 382 g/mol. The van der Waals surface area contributed by atoms with Crippen molar-refractivity contribution in [3.63, 3.8) is 0 Å². The van der Waals surface area contributed by atoms with E-state index in [-0.39, 0.29) is 17.5 Å². The summed E-state index contributed by atoms with van der Waals surface area (Å²) in [4.78, 5) is 27.7. The Balaban J connectivity index is 1.64. The third kappa shape index (κ3) is 3.85. The molecule has 2 aromatic heterocycles. The van der Waals surface area contributed by atoms with Crippen LogP contribution < -0.4 is 5.56 Å². The van der Waals surface area contributed by atoms with Gasteiger partial charge in [-0.05, 0) is 42.5 Å². The van der Waals surface area contributed by atoms with E-state index in [4.69, 9.17) is 9.15 Å². The first-order valence-corrected chi connectivity index (χ1v) is 9.68. The molecule has 0 saturated carbocycles. The molecule has 3 aromatic rings. The molecule has 0 bridgehead atoms. The van der Waals surface area contributed by atoms with E-state index in [0.29, 0.717) is 35.0 Å². The number of aromatic nitrogens is 2. The Morgan fingerprint density at radius 3 is 2.93 bits per heavy atom. The van der Waals surface area contributed by atoms with Gasteiger partial charge in [0.1, 0.15) is 10.7 Å². The van der Waals surface area contributed by atoms with Crippen LogP contribution in [0.5, 0.6) is 0 Å². The lowest BCUT2D eigenvalue weighted by Gasteiger charge is -2.15. The van der Waals surface area contributed by atoms with Crippen molar-refractivity contribution in [2.45, 2.75) is 30.6 Å². The first-order valence-electron chi connectivity index (χ1n) is 8.80. The summed E-state index contributed by atoms with van der Waals surface area (Å²) in [6.07, 6.45) is 3.50. The summed E-state index contributed by atoms with van der Waals surface area (Å²) in [5, 5.41) is 13.5. The standard InChI is InChI=1S/C19H17N3O5S/c23-18-15-5-1-2-6-16(15)20-19(21(18)12-14-4-3-10-26-14)28-11-9-13-7-8-17(27-13)22(24)25/h1-2,5-9,11,14H,3-4,10,12H2/b11-9+. The minimum absolute atomic E-state index is 0.00304. The number of fused-ring (bicyclic) bond motifs is 1. The van der Waals surface area contributed by atoms with Gasteiger partial charge < -0.3 is 9.15 Å². The molecule has 0 N–H and O–H groups in total. The topological polar surface area (TPSA) is 100 Å². The molecule has 3 heterocycles. The van der Waals surface area contributed by atoms with Gasteiger partial charge in [0.2, 0.25) is 0 Å². The lowest BCUT2D eigenvalue weighted by atomic mass is 10.2. The monoisotopic (exact) mass is 399 g/mol. The normalized spacial score (nSPS) is 16.9. The zero-order valence-electron chi connectivity index (χ0n) is 14.8. The Kier molecular flexibility index (Phi) is 5.27. The molecule has 1 saturated heterocycles. The zero-order valence-corrected chi connectivity index (χ0v) is 15.6. The molecule has 1 fully saturated rings. The molecule has 1 atom stereocenters. The second-order valence-corrected chi connectivity index (χ2v) is 7.19. The van der Waals surface area contributed by atoms with Gasteiger partial charge in [-0.2, -0.15) is 0 Å². The number of nitrogens with zero attached hydrogens (tertiary/aromatic N) is 3. The van der Waals surface area contributed by atoms with Crippen LogP contribution in [0.4, 0.5) is 5.88 Å². The number of ether oxygens (including phenoxy) is 1. The Morgan fingerprint density at radius 2 is 2.18 bits per heavy atom.